The Morgan fingerprint density at radius 3 is 2.64 bits per heavy atom. The second kappa shape index (κ2) is 12.4. The summed E-state index contributed by atoms with van der Waals surface area (Å²) in [6, 6.07) is 14.9. The molecule has 11 heteroatoms. The Hall–Kier alpha value is -4.77. The van der Waals surface area contributed by atoms with E-state index in [-0.39, 0.29) is 17.5 Å². The number of hydrogen-bond donors (Lipinski definition) is 1. The second-order valence-corrected chi connectivity index (χ2v) is 10.6. The van der Waals surface area contributed by atoms with Crippen LogP contribution in [0.1, 0.15) is 12.5 Å². The molecule has 0 radical (unpaired) electrons. The number of likely N-dealkylation sites (N-methyl/N-ethyl adjacent to an activating group) is 2. The van der Waals surface area contributed by atoms with Gasteiger partial charge in [0.25, 0.3) is 5.56 Å². The van der Waals surface area contributed by atoms with Crippen molar-refractivity contribution < 1.29 is 9.53 Å². The molecular weight excluding hydrogens is 532 g/mol. The fourth-order valence-electron chi connectivity index (χ4n) is 5.14. The molecule has 1 saturated heterocycles. The van der Waals surface area contributed by atoms with E-state index in [1.807, 2.05) is 69.7 Å². The molecule has 2 aromatic heterocycles. The van der Waals surface area contributed by atoms with Gasteiger partial charge in [0.1, 0.15) is 17.0 Å². The van der Waals surface area contributed by atoms with Gasteiger partial charge in [-0.25, -0.2) is 9.97 Å². The van der Waals surface area contributed by atoms with Gasteiger partial charge in [0.2, 0.25) is 11.9 Å². The number of nitrogens with zero attached hydrogens (tertiary/aromatic N) is 7. The molecule has 0 aliphatic carbocycles. The minimum atomic E-state index is -0.269. The third kappa shape index (κ3) is 5.96. The lowest BCUT2D eigenvalue weighted by Gasteiger charge is -2.24. The van der Waals surface area contributed by atoms with Gasteiger partial charge in [-0.05, 0) is 38.7 Å². The quantitative estimate of drug-likeness (QED) is 0.287. The van der Waals surface area contributed by atoms with Crippen molar-refractivity contribution in [3.8, 4) is 17.0 Å². The van der Waals surface area contributed by atoms with E-state index in [0.29, 0.717) is 53.6 Å². The predicted molar refractivity (Wildman–Crippen MR) is 166 cm³/mol. The van der Waals surface area contributed by atoms with Gasteiger partial charge < -0.3 is 24.8 Å². The molecule has 0 saturated carbocycles. The Balaban J connectivity index is 1.52. The maximum atomic E-state index is 13.9. The molecule has 1 amide bonds. The van der Waals surface area contributed by atoms with Gasteiger partial charge in [0.05, 0.1) is 25.0 Å². The van der Waals surface area contributed by atoms with Gasteiger partial charge in [-0.1, -0.05) is 36.9 Å². The zero-order valence-corrected chi connectivity index (χ0v) is 24.4. The highest BCUT2D eigenvalue weighted by Crippen LogP contribution is 2.32. The fraction of sp³-hybridized carbons (Fsp3) is 0.323. The minimum absolute atomic E-state index is 0.158. The topological polar surface area (TPSA) is 109 Å². The van der Waals surface area contributed by atoms with Crippen LogP contribution in [0.15, 0.2) is 72.2 Å². The van der Waals surface area contributed by atoms with E-state index in [0.717, 1.165) is 24.5 Å². The summed E-state index contributed by atoms with van der Waals surface area (Å²) in [7, 11) is 7.76. The van der Waals surface area contributed by atoms with E-state index in [9.17, 15) is 9.59 Å². The first-order chi connectivity index (χ1) is 20.3. The molecule has 2 aromatic carbocycles. The summed E-state index contributed by atoms with van der Waals surface area (Å²) in [4.78, 5) is 46.2. The van der Waals surface area contributed by atoms with E-state index >= 15 is 0 Å². The summed E-state index contributed by atoms with van der Waals surface area (Å²) in [5, 5.41) is 3.26. The summed E-state index contributed by atoms with van der Waals surface area (Å²) in [5.41, 5.74) is 3.37. The van der Waals surface area contributed by atoms with Crippen LogP contribution in [0.4, 0.5) is 17.3 Å². The molecule has 218 valence electrons. The summed E-state index contributed by atoms with van der Waals surface area (Å²) < 4.78 is 7.35. The lowest BCUT2D eigenvalue weighted by molar-refractivity contribution is -0.125. The standard InChI is InChI=1S/C31H36N8O3/c1-6-27(40)38-15-14-23(20-38)39-29-24(34-28(30(39)41)21-10-8-7-9-11-21)19-32-31(35-29)33-22-12-13-25(26(18-22)42-5)37(4)17-16-36(2)3/h6-13,18-19,23H,1,14-17,20H2,2-5H3,(H,32,33,35)/t23-/m0/s1. The van der Waals surface area contributed by atoms with Crippen molar-refractivity contribution in [2.45, 2.75) is 12.5 Å². The van der Waals surface area contributed by atoms with E-state index in [1.165, 1.54) is 6.08 Å². The zero-order valence-electron chi connectivity index (χ0n) is 24.4. The van der Waals surface area contributed by atoms with Crippen molar-refractivity contribution >= 4 is 34.4 Å². The Morgan fingerprint density at radius 2 is 1.93 bits per heavy atom. The first kappa shape index (κ1) is 28.7. The molecule has 42 heavy (non-hydrogen) atoms. The Kier molecular flexibility index (Phi) is 8.48. The monoisotopic (exact) mass is 568 g/mol. The summed E-state index contributed by atoms with van der Waals surface area (Å²) in [6.45, 7) is 6.27. The largest absolute Gasteiger partial charge is 0.495 e. The van der Waals surface area contributed by atoms with Crippen LogP contribution < -0.4 is 20.5 Å². The number of nitrogens with one attached hydrogen (secondary N) is 1. The Labute approximate surface area is 245 Å². The van der Waals surface area contributed by atoms with Gasteiger partial charge in [-0.15, -0.1) is 0 Å². The third-order valence-electron chi connectivity index (χ3n) is 7.42. The van der Waals surface area contributed by atoms with Crippen molar-refractivity contribution in [2.24, 2.45) is 0 Å². The van der Waals surface area contributed by atoms with Crippen LogP contribution >= 0.6 is 0 Å². The third-order valence-corrected chi connectivity index (χ3v) is 7.42. The van der Waals surface area contributed by atoms with E-state index in [1.54, 1.807) is 22.8 Å². The average molecular weight is 569 g/mol. The molecule has 1 fully saturated rings. The highest BCUT2D eigenvalue weighted by molar-refractivity contribution is 5.87. The normalized spacial score (nSPS) is 14.8. The number of methoxy groups -OCH3 is 1. The molecule has 1 aliphatic heterocycles. The van der Waals surface area contributed by atoms with E-state index < -0.39 is 0 Å². The molecule has 0 unspecified atom stereocenters. The molecule has 0 spiro atoms. The highest BCUT2D eigenvalue weighted by atomic mass is 16.5. The van der Waals surface area contributed by atoms with Crippen molar-refractivity contribution in [2.75, 3.05) is 64.6 Å². The summed E-state index contributed by atoms with van der Waals surface area (Å²) in [6.07, 6.45) is 3.53. The van der Waals surface area contributed by atoms with Crippen molar-refractivity contribution in [3.05, 3.63) is 77.7 Å². The molecule has 3 heterocycles. The van der Waals surface area contributed by atoms with Gasteiger partial charge in [-0.3, -0.25) is 14.2 Å². The number of ether oxygens (including phenoxy) is 1. The number of aromatic nitrogens is 4. The number of likely N-dealkylation sites (tertiary alicyclic amines) is 1. The van der Waals surface area contributed by atoms with Crippen LogP contribution in [0.25, 0.3) is 22.4 Å². The lowest BCUT2D eigenvalue weighted by Crippen LogP contribution is -2.32. The second-order valence-electron chi connectivity index (χ2n) is 10.6. The number of hydrogen-bond acceptors (Lipinski definition) is 9. The molecule has 11 nitrogen and oxygen atoms in total. The highest BCUT2D eigenvalue weighted by Gasteiger charge is 2.30. The fourth-order valence-corrected chi connectivity index (χ4v) is 5.14. The zero-order chi connectivity index (χ0) is 29.8. The van der Waals surface area contributed by atoms with E-state index in [2.05, 4.69) is 31.7 Å². The van der Waals surface area contributed by atoms with Crippen LogP contribution in [0.2, 0.25) is 0 Å². The maximum absolute atomic E-state index is 13.9. The van der Waals surface area contributed by atoms with Crippen LogP contribution in [0.5, 0.6) is 5.75 Å². The average Bonchev–Trinajstić information content (AvgIpc) is 3.49. The SMILES string of the molecule is C=CC(=O)N1CC[C@H](n2c(=O)c(-c3ccccc3)nc3cnc(Nc4ccc(N(C)CCN(C)C)c(OC)c4)nc32)C1. The van der Waals surface area contributed by atoms with Crippen LogP contribution in [0, 0.1) is 0 Å². The van der Waals surface area contributed by atoms with Crippen molar-refractivity contribution in [1.29, 1.82) is 0 Å². The lowest BCUT2D eigenvalue weighted by atomic mass is 10.1. The first-order valence-electron chi connectivity index (χ1n) is 13.9. The minimum Gasteiger partial charge on any atom is -0.495 e. The maximum Gasteiger partial charge on any atom is 0.279 e. The summed E-state index contributed by atoms with van der Waals surface area (Å²) in [5.74, 6) is 0.873. The summed E-state index contributed by atoms with van der Waals surface area (Å²) >= 11 is 0. The number of amides is 1. The molecule has 4 aromatic rings. The Bertz CT molecular complexity index is 1650. The predicted octanol–water partition coefficient (Wildman–Crippen LogP) is 3.56. The van der Waals surface area contributed by atoms with Gasteiger partial charge in [0, 0.05) is 50.5 Å². The molecule has 0 bridgehead atoms. The molecule has 1 atom stereocenters. The molecule has 5 rings (SSSR count). The number of fused-ring (bicyclic) bond motifs is 1. The van der Waals surface area contributed by atoms with Crippen LogP contribution in [-0.4, -0.2) is 89.7 Å². The Morgan fingerprint density at radius 1 is 1.14 bits per heavy atom. The van der Waals surface area contributed by atoms with Crippen LogP contribution in [-0.2, 0) is 4.79 Å². The van der Waals surface area contributed by atoms with Crippen molar-refractivity contribution in [3.63, 3.8) is 0 Å². The number of carbonyl (C=O) groups excluding carboxylic acids is 1. The molecule has 1 aliphatic rings. The van der Waals surface area contributed by atoms with Crippen molar-refractivity contribution in [1.82, 2.24) is 29.3 Å². The van der Waals surface area contributed by atoms with Gasteiger partial charge >= 0.3 is 0 Å². The number of benzene rings is 2. The number of anilines is 3. The smallest absolute Gasteiger partial charge is 0.279 e. The van der Waals surface area contributed by atoms with E-state index in [4.69, 9.17) is 9.72 Å². The van der Waals surface area contributed by atoms with Gasteiger partial charge in [0.15, 0.2) is 5.65 Å². The number of rotatable bonds is 10. The number of carbonyl (C=O) groups is 1. The molecule has 1 N–H and O–H groups in total. The first-order valence-corrected chi connectivity index (χ1v) is 13.9. The van der Waals surface area contributed by atoms with Crippen LogP contribution in [0.3, 0.4) is 0 Å². The molecular formula is C31H36N8O3. The van der Waals surface area contributed by atoms with Gasteiger partial charge in [-0.2, -0.15) is 4.98 Å².